The van der Waals surface area contributed by atoms with E-state index in [2.05, 4.69) is 58.7 Å². The van der Waals surface area contributed by atoms with Crippen molar-refractivity contribution in [2.75, 3.05) is 0 Å². The monoisotopic (exact) mass is 261 g/mol. The van der Waals surface area contributed by atoms with Crippen molar-refractivity contribution in [2.45, 2.75) is 20.4 Å². The average molecular weight is 261 g/mol. The van der Waals surface area contributed by atoms with Gasteiger partial charge in [-0.2, -0.15) is 0 Å². The van der Waals surface area contributed by atoms with Crippen LogP contribution in [0.4, 0.5) is 0 Å². The molecule has 98 valence electrons. The molecule has 0 unspecified atom stereocenters. The summed E-state index contributed by atoms with van der Waals surface area (Å²) in [5.74, 6) is 0. The van der Waals surface area contributed by atoms with E-state index in [1.54, 1.807) is 12.4 Å². The lowest BCUT2D eigenvalue weighted by Gasteiger charge is -2.03. The summed E-state index contributed by atoms with van der Waals surface area (Å²) in [7, 11) is 0. The van der Waals surface area contributed by atoms with Gasteiger partial charge >= 0.3 is 0 Å². The Balaban J connectivity index is 2.36. The Bertz CT molecular complexity index is 951. The smallest absolute Gasteiger partial charge is 0.0986 e. The van der Waals surface area contributed by atoms with Crippen LogP contribution in [0.3, 0.4) is 0 Å². The van der Waals surface area contributed by atoms with Crippen LogP contribution in [0.1, 0.15) is 12.5 Å². The molecule has 4 rings (SSSR count). The van der Waals surface area contributed by atoms with E-state index in [1.807, 2.05) is 0 Å². The van der Waals surface area contributed by atoms with Crippen LogP contribution in [0.2, 0.25) is 0 Å². The molecule has 0 aliphatic carbocycles. The number of rotatable bonds is 1. The van der Waals surface area contributed by atoms with Gasteiger partial charge in [-0.05, 0) is 38.1 Å². The van der Waals surface area contributed by atoms with Gasteiger partial charge in [-0.25, -0.2) is 0 Å². The Hall–Kier alpha value is -2.42. The Kier molecular flexibility index (Phi) is 2.30. The summed E-state index contributed by atoms with van der Waals surface area (Å²) < 4.78 is 2.35. The van der Waals surface area contributed by atoms with Gasteiger partial charge in [0.05, 0.1) is 16.6 Å². The summed E-state index contributed by atoms with van der Waals surface area (Å²) in [6, 6.07) is 10.8. The van der Waals surface area contributed by atoms with Gasteiger partial charge in [0.1, 0.15) is 0 Å². The number of aryl methyl sites for hydroxylation is 2. The number of fused-ring (bicyclic) bond motifs is 5. The molecule has 2 aromatic carbocycles. The minimum atomic E-state index is 0.953. The van der Waals surface area contributed by atoms with Gasteiger partial charge in [0.25, 0.3) is 0 Å². The van der Waals surface area contributed by atoms with Crippen LogP contribution in [0.25, 0.3) is 32.8 Å². The minimum absolute atomic E-state index is 0.953. The Morgan fingerprint density at radius 2 is 1.80 bits per heavy atom. The third kappa shape index (κ3) is 1.40. The maximum Gasteiger partial charge on any atom is 0.0986 e. The van der Waals surface area contributed by atoms with E-state index in [9.17, 15) is 0 Å². The van der Waals surface area contributed by atoms with Gasteiger partial charge < -0.3 is 4.57 Å². The van der Waals surface area contributed by atoms with Gasteiger partial charge in [0.2, 0.25) is 0 Å². The maximum atomic E-state index is 4.56. The largest absolute Gasteiger partial charge is 0.341 e. The van der Waals surface area contributed by atoms with Crippen LogP contribution in [-0.4, -0.2) is 14.5 Å². The van der Waals surface area contributed by atoms with E-state index >= 15 is 0 Å². The van der Waals surface area contributed by atoms with Crippen molar-refractivity contribution in [3.8, 4) is 0 Å². The Morgan fingerprint density at radius 1 is 1.00 bits per heavy atom. The number of hydrogen-bond acceptors (Lipinski definition) is 2. The van der Waals surface area contributed by atoms with Gasteiger partial charge in [0, 0.05) is 35.2 Å². The molecule has 0 fully saturated rings. The second-order valence-electron chi connectivity index (χ2n) is 5.15. The van der Waals surface area contributed by atoms with Gasteiger partial charge in [-0.1, -0.05) is 11.6 Å². The first-order valence-electron chi connectivity index (χ1n) is 6.92. The molecule has 0 aliphatic heterocycles. The molecular weight excluding hydrogens is 246 g/mol. The molecular formula is C17H15N3. The summed E-state index contributed by atoms with van der Waals surface area (Å²) in [6.45, 7) is 5.26. The fourth-order valence-corrected chi connectivity index (χ4v) is 3.07. The molecule has 2 heterocycles. The fourth-order valence-electron chi connectivity index (χ4n) is 3.07. The topological polar surface area (TPSA) is 30.7 Å². The van der Waals surface area contributed by atoms with E-state index in [-0.39, 0.29) is 0 Å². The highest BCUT2D eigenvalue weighted by atomic mass is 15.0. The molecule has 0 bridgehead atoms. The van der Waals surface area contributed by atoms with Crippen LogP contribution >= 0.6 is 0 Å². The first kappa shape index (κ1) is 11.4. The molecule has 0 atom stereocenters. The standard InChI is InChI=1S/C17H15N3/c1-3-20-14-6-4-11(2)10-12(14)16-15(20)7-5-13-17(16)19-9-8-18-13/h4-10H,3H2,1-2H3. The number of hydrogen-bond donors (Lipinski definition) is 0. The van der Waals surface area contributed by atoms with Crippen molar-refractivity contribution in [3.05, 3.63) is 48.3 Å². The zero-order valence-electron chi connectivity index (χ0n) is 11.6. The molecule has 3 heteroatoms. The van der Waals surface area contributed by atoms with Crippen LogP contribution in [0.5, 0.6) is 0 Å². The van der Waals surface area contributed by atoms with E-state index in [0.29, 0.717) is 0 Å². The van der Waals surface area contributed by atoms with Gasteiger partial charge in [0.15, 0.2) is 0 Å². The Labute approximate surface area is 116 Å². The van der Waals surface area contributed by atoms with Crippen molar-refractivity contribution >= 4 is 32.8 Å². The fraction of sp³-hybridized carbons (Fsp3) is 0.176. The highest BCUT2D eigenvalue weighted by molar-refractivity contribution is 6.18. The van der Waals surface area contributed by atoms with Crippen molar-refractivity contribution < 1.29 is 0 Å². The highest BCUT2D eigenvalue weighted by Crippen LogP contribution is 2.33. The molecule has 0 spiro atoms. The number of nitrogens with zero attached hydrogens (tertiary/aromatic N) is 3. The van der Waals surface area contributed by atoms with Crippen LogP contribution in [0, 0.1) is 6.92 Å². The summed E-state index contributed by atoms with van der Waals surface area (Å²) in [5.41, 5.74) is 5.73. The van der Waals surface area contributed by atoms with Gasteiger partial charge in [-0.15, -0.1) is 0 Å². The maximum absolute atomic E-state index is 4.56. The third-order valence-electron chi connectivity index (χ3n) is 3.94. The van der Waals surface area contributed by atoms with Crippen molar-refractivity contribution in [1.29, 1.82) is 0 Å². The lowest BCUT2D eigenvalue weighted by molar-refractivity contribution is 0.827. The third-order valence-corrected chi connectivity index (χ3v) is 3.94. The molecule has 2 aromatic heterocycles. The summed E-state index contributed by atoms with van der Waals surface area (Å²) in [6.07, 6.45) is 3.52. The molecule has 3 nitrogen and oxygen atoms in total. The lowest BCUT2D eigenvalue weighted by atomic mass is 10.1. The van der Waals surface area contributed by atoms with Gasteiger partial charge in [-0.3, -0.25) is 9.97 Å². The quantitative estimate of drug-likeness (QED) is 0.517. The second kappa shape index (κ2) is 4.04. The molecule has 0 aliphatic rings. The van der Waals surface area contributed by atoms with E-state index in [0.717, 1.165) is 17.6 Å². The zero-order chi connectivity index (χ0) is 13.7. The zero-order valence-corrected chi connectivity index (χ0v) is 11.6. The predicted molar refractivity (Wildman–Crippen MR) is 83.0 cm³/mol. The second-order valence-corrected chi connectivity index (χ2v) is 5.15. The first-order valence-corrected chi connectivity index (χ1v) is 6.92. The molecule has 0 saturated heterocycles. The van der Waals surface area contributed by atoms with E-state index in [1.165, 1.54) is 27.4 Å². The van der Waals surface area contributed by atoms with Crippen molar-refractivity contribution in [2.24, 2.45) is 0 Å². The average Bonchev–Trinajstić information content (AvgIpc) is 2.80. The van der Waals surface area contributed by atoms with E-state index in [4.69, 9.17) is 0 Å². The molecule has 20 heavy (non-hydrogen) atoms. The van der Waals surface area contributed by atoms with Crippen LogP contribution in [-0.2, 0) is 6.54 Å². The number of benzene rings is 2. The van der Waals surface area contributed by atoms with Crippen molar-refractivity contribution in [3.63, 3.8) is 0 Å². The first-order chi connectivity index (χ1) is 9.79. The van der Waals surface area contributed by atoms with Crippen LogP contribution < -0.4 is 0 Å². The summed E-state index contributed by atoms with van der Waals surface area (Å²) >= 11 is 0. The highest BCUT2D eigenvalue weighted by Gasteiger charge is 2.13. The Morgan fingerprint density at radius 3 is 2.65 bits per heavy atom. The number of aromatic nitrogens is 3. The lowest BCUT2D eigenvalue weighted by Crippen LogP contribution is -1.93. The molecule has 4 aromatic rings. The molecule has 0 N–H and O–H groups in total. The summed E-state index contributed by atoms with van der Waals surface area (Å²) in [4.78, 5) is 8.98. The SMILES string of the molecule is CCn1c2ccc(C)cc2c2c3nccnc3ccc21. The predicted octanol–water partition coefficient (Wildman–Crippen LogP) is 4.07. The molecule has 0 saturated carbocycles. The van der Waals surface area contributed by atoms with Crippen LogP contribution in [0.15, 0.2) is 42.7 Å². The normalized spacial score (nSPS) is 11.7. The molecule has 0 radical (unpaired) electrons. The van der Waals surface area contributed by atoms with Crippen molar-refractivity contribution in [1.82, 2.24) is 14.5 Å². The summed E-state index contributed by atoms with van der Waals surface area (Å²) in [5, 5.41) is 2.49. The minimum Gasteiger partial charge on any atom is -0.341 e. The molecule has 0 amide bonds. The van der Waals surface area contributed by atoms with E-state index < -0.39 is 0 Å².